The lowest BCUT2D eigenvalue weighted by Gasteiger charge is -2.54. The van der Waals surface area contributed by atoms with Crippen LogP contribution < -0.4 is 15.0 Å². The molecule has 2 atom stereocenters. The summed E-state index contributed by atoms with van der Waals surface area (Å²) in [6.07, 6.45) is 8.60. The average molecular weight is 402 g/mol. The van der Waals surface area contributed by atoms with Crippen LogP contribution in [0.1, 0.15) is 51.9 Å². The number of aliphatic hydroxyl groups is 1. The molecule has 2 bridgehead atoms. The first-order valence-corrected chi connectivity index (χ1v) is 11.3. The van der Waals surface area contributed by atoms with Gasteiger partial charge in [0, 0.05) is 31.4 Å². The summed E-state index contributed by atoms with van der Waals surface area (Å²) in [6.45, 7) is 4.66. The maximum absolute atomic E-state index is 12.8. The lowest BCUT2D eigenvalue weighted by atomic mass is 9.63. The van der Waals surface area contributed by atoms with Crippen molar-refractivity contribution in [2.75, 3.05) is 37.7 Å². The summed E-state index contributed by atoms with van der Waals surface area (Å²) in [5.41, 5.74) is 1.55. The topological polar surface area (TPSA) is 65.0 Å². The van der Waals surface area contributed by atoms with Gasteiger partial charge < -0.3 is 25.0 Å². The lowest BCUT2D eigenvalue weighted by molar-refractivity contribution is 0.0811. The van der Waals surface area contributed by atoms with Crippen molar-refractivity contribution in [1.29, 1.82) is 0 Å². The maximum Gasteiger partial charge on any atom is 0.317 e. The quantitative estimate of drug-likeness (QED) is 0.794. The standard InChI is InChI=1S/C23H35N3O3/c1-2-29-20-8-6-18(7-9-20)26-17-19-16-23(11-4-3-5-12-23)21(26)10-14-25(19)22(28)24-13-15-27/h6-9,19,21,27H,2-5,10-17H2,1H3,(H,24,28)/t19-,21+/m0/s1. The molecule has 1 aliphatic carbocycles. The zero-order valence-electron chi connectivity index (χ0n) is 17.6. The Balaban J connectivity index is 1.62. The van der Waals surface area contributed by atoms with E-state index in [0.717, 1.165) is 31.7 Å². The summed E-state index contributed by atoms with van der Waals surface area (Å²) in [7, 11) is 0. The molecule has 29 heavy (non-hydrogen) atoms. The number of hydrogen-bond donors (Lipinski definition) is 2. The number of benzene rings is 1. The van der Waals surface area contributed by atoms with Gasteiger partial charge in [0.05, 0.1) is 19.3 Å². The summed E-state index contributed by atoms with van der Waals surface area (Å²) in [6, 6.07) is 9.17. The number of aliphatic hydroxyl groups excluding tert-OH is 1. The number of fused-ring (bicyclic) bond motifs is 3. The monoisotopic (exact) mass is 401 g/mol. The van der Waals surface area contributed by atoms with Crippen LogP contribution in [0, 0.1) is 5.41 Å². The highest BCUT2D eigenvalue weighted by atomic mass is 16.5. The van der Waals surface area contributed by atoms with E-state index in [-0.39, 0.29) is 18.7 Å². The number of anilines is 1. The number of urea groups is 1. The van der Waals surface area contributed by atoms with Crippen molar-refractivity contribution in [3.63, 3.8) is 0 Å². The van der Waals surface area contributed by atoms with Gasteiger partial charge in [-0.3, -0.25) is 0 Å². The molecule has 0 aromatic heterocycles. The van der Waals surface area contributed by atoms with E-state index in [1.165, 1.54) is 37.8 Å². The smallest absolute Gasteiger partial charge is 0.317 e. The van der Waals surface area contributed by atoms with Gasteiger partial charge in [0.15, 0.2) is 0 Å². The minimum atomic E-state index is -0.0239. The second-order valence-corrected chi connectivity index (χ2v) is 8.81. The number of rotatable bonds is 5. The van der Waals surface area contributed by atoms with Crippen molar-refractivity contribution in [2.45, 2.75) is 64.0 Å². The van der Waals surface area contributed by atoms with Gasteiger partial charge in [-0.2, -0.15) is 0 Å². The van der Waals surface area contributed by atoms with Crippen molar-refractivity contribution in [2.24, 2.45) is 5.41 Å². The molecular weight excluding hydrogens is 366 g/mol. The zero-order valence-corrected chi connectivity index (χ0v) is 17.6. The van der Waals surface area contributed by atoms with Crippen LogP contribution in [0.5, 0.6) is 5.75 Å². The Bertz CT molecular complexity index is 687. The maximum atomic E-state index is 12.8. The Hall–Kier alpha value is -1.95. The molecular formula is C23H35N3O3. The van der Waals surface area contributed by atoms with Crippen LogP contribution in [0.2, 0.25) is 0 Å². The van der Waals surface area contributed by atoms with E-state index >= 15 is 0 Å². The molecule has 0 unspecified atom stereocenters. The predicted molar refractivity (Wildman–Crippen MR) is 114 cm³/mol. The van der Waals surface area contributed by atoms with E-state index in [2.05, 4.69) is 34.5 Å². The fraction of sp³-hybridized carbons (Fsp3) is 0.696. The molecule has 5 rings (SSSR count). The fourth-order valence-corrected chi connectivity index (χ4v) is 5.98. The predicted octanol–water partition coefficient (Wildman–Crippen LogP) is 3.39. The van der Waals surface area contributed by atoms with Crippen LogP contribution in [0.25, 0.3) is 0 Å². The third-order valence-electron chi connectivity index (χ3n) is 7.19. The largest absolute Gasteiger partial charge is 0.494 e. The highest BCUT2D eigenvalue weighted by Gasteiger charge is 2.52. The van der Waals surface area contributed by atoms with E-state index in [0.29, 0.717) is 24.6 Å². The highest BCUT2D eigenvalue weighted by molar-refractivity contribution is 5.75. The van der Waals surface area contributed by atoms with Gasteiger partial charge in [0.25, 0.3) is 0 Å². The van der Waals surface area contributed by atoms with E-state index in [9.17, 15) is 4.79 Å². The molecule has 4 aliphatic rings. The molecule has 160 valence electrons. The number of carbonyl (C=O) groups is 1. The van der Waals surface area contributed by atoms with Gasteiger partial charge in [0.2, 0.25) is 0 Å². The van der Waals surface area contributed by atoms with Crippen LogP contribution in [-0.4, -0.2) is 61.0 Å². The van der Waals surface area contributed by atoms with Gasteiger partial charge in [-0.25, -0.2) is 4.79 Å². The molecule has 2 amide bonds. The Morgan fingerprint density at radius 1 is 1.24 bits per heavy atom. The van der Waals surface area contributed by atoms with E-state index in [1.807, 2.05) is 11.8 Å². The minimum Gasteiger partial charge on any atom is -0.494 e. The first-order valence-electron chi connectivity index (χ1n) is 11.3. The summed E-state index contributed by atoms with van der Waals surface area (Å²) < 4.78 is 5.63. The number of ether oxygens (including phenoxy) is 1. The van der Waals surface area contributed by atoms with Gasteiger partial charge in [-0.05, 0) is 62.3 Å². The molecule has 0 radical (unpaired) electrons. The molecule has 6 heteroatoms. The molecule has 1 aromatic carbocycles. The molecule has 1 spiro atoms. The Kier molecular flexibility index (Phi) is 6.18. The number of carbonyl (C=O) groups excluding carboxylic acids is 1. The van der Waals surface area contributed by atoms with Crippen molar-refractivity contribution < 1.29 is 14.6 Å². The van der Waals surface area contributed by atoms with Crippen LogP contribution in [-0.2, 0) is 0 Å². The van der Waals surface area contributed by atoms with Gasteiger partial charge in [-0.15, -0.1) is 0 Å². The highest BCUT2D eigenvalue weighted by Crippen LogP contribution is 2.52. The van der Waals surface area contributed by atoms with Crippen molar-refractivity contribution in [3.8, 4) is 5.75 Å². The Labute approximate surface area is 174 Å². The molecule has 3 heterocycles. The fourth-order valence-electron chi connectivity index (χ4n) is 5.98. The summed E-state index contributed by atoms with van der Waals surface area (Å²) >= 11 is 0. The second kappa shape index (κ2) is 8.82. The zero-order chi connectivity index (χ0) is 20.3. The third-order valence-corrected chi connectivity index (χ3v) is 7.19. The van der Waals surface area contributed by atoms with Gasteiger partial charge >= 0.3 is 6.03 Å². The SMILES string of the molecule is CCOc1ccc(N2C[C@@H]3CC4(CCCCC4)[C@H]2CCN3C(=O)NCCO)cc1. The van der Waals surface area contributed by atoms with E-state index in [1.54, 1.807) is 0 Å². The minimum absolute atomic E-state index is 0.0187. The second-order valence-electron chi connectivity index (χ2n) is 8.81. The summed E-state index contributed by atoms with van der Waals surface area (Å²) in [4.78, 5) is 17.4. The average Bonchev–Trinajstić information content (AvgIpc) is 3.02. The van der Waals surface area contributed by atoms with E-state index < -0.39 is 0 Å². The first-order chi connectivity index (χ1) is 14.2. The molecule has 4 fully saturated rings. The molecule has 1 saturated carbocycles. The normalized spacial score (nSPS) is 25.7. The number of piperidine rings is 1. The summed E-state index contributed by atoms with van der Waals surface area (Å²) in [5.74, 6) is 0.911. The Morgan fingerprint density at radius 3 is 2.69 bits per heavy atom. The summed E-state index contributed by atoms with van der Waals surface area (Å²) in [5, 5.41) is 12.0. The van der Waals surface area contributed by atoms with Crippen molar-refractivity contribution >= 4 is 11.7 Å². The van der Waals surface area contributed by atoms with Crippen molar-refractivity contribution in [1.82, 2.24) is 10.2 Å². The molecule has 3 aliphatic heterocycles. The van der Waals surface area contributed by atoms with Gasteiger partial charge in [-0.1, -0.05) is 19.3 Å². The van der Waals surface area contributed by atoms with Crippen LogP contribution in [0.15, 0.2) is 24.3 Å². The van der Waals surface area contributed by atoms with Gasteiger partial charge in [0.1, 0.15) is 5.75 Å². The molecule has 3 saturated heterocycles. The number of amides is 2. The molecule has 2 N–H and O–H groups in total. The number of hydrogen-bond acceptors (Lipinski definition) is 4. The van der Waals surface area contributed by atoms with Crippen LogP contribution >= 0.6 is 0 Å². The Morgan fingerprint density at radius 2 is 2.00 bits per heavy atom. The first kappa shape index (κ1) is 20.3. The van der Waals surface area contributed by atoms with Crippen LogP contribution in [0.3, 0.4) is 0 Å². The van der Waals surface area contributed by atoms with E-state index in [4.69, 9.17) is 9.84 Å². The molecule has 6 nitrogen and oxygen atoms in total. The third kappa shape index (κ3) is 4.04. The lowest BCUT2D eigenvalue weighted by Crippen LogP contribution is -2.59. The molecule has 1 aromatic rings. The van der Waals surface area contributed by atoms with Crippen LogP contribution in [0.4, 0.5) is 10.5 Å². The number of nitrogens with one attached hydrogen (secondary N) is 1. The van der Waals surface area contributed by atoms with Crippen molar-refractivity contribution in [3.05, 3.63) is 24.3 Å². The number of nitrogens with zero attached hydrogens (tertiary/aromatic N) is 2.